The van der Waals surface area contributed by atoms with Crippen LogP contribution in [0.1, 0.15) is 10.6 Å². The van der Waals surface area contributed by atoms with E-state index < -0.39 is 0 Å². The second-order valence-corrected chi connectivity index (χ2v) is 6.04. The van der Waals surface area contributed by atoms with Crippen molar-refractivity contribution in [3.8, 4) is 11.5 Å². The summed E-state index contributed by atoms with van der Waals surface area (Å²) in [6, 6.07) is 23.5. The van der Waals surface area contributed by atoms with Crippen molar-refractivity contribution in [1.82, 2.24) is 0 Å². The van der Waals surface area contributed by atoms with Gasteiger partial charge in [0.1, 0.15) is 11.3 Å². The summed E-state index contributed by atoms with van der Waals surface area (Å²) in [6.07, 6.45) is 0. The molecule has 4 rings (SSSR count). The summed E-state index contributed by atoms with van der Waals surface area (Å²) in [5, 5.41) is 4.19. The average molecular weight is 364 g/mol. The highest BCUT2D eigenvalue weighted by atomic mass is 35.5. The highest BCUT2D eigenvalue weighted by Gasteiger charge is 2.15. The second-order valence-electron chi connectivity index (χ2n) is 5.63. The van der Waals surface area contributed by atoms with Gasteiger partial charge in [0.05, 0.1) is 10.7 Å². The van der Waals surface area contributed by atoms with Crippen molar-refractivity contribution >= 4 is 34.2 Å². The Morgan fingerprint density at radius 2 is 1.58 bits per heavy atom. The quantitative estimate of drug-likeness (QED) is 0.474. The SMILES string of the molecule is O=C(Nc1ccccc1Oc1ccccc1Cl)c1cc2ccccc2o1. The molecule has 0 atom stereocenters. The van der Waals surface area contributed by atoms with Gasteiger partial charge in [-0.15, -0.1) is 0 Å². The van der Waals surface area contributed by atoms with Crippen molar-refractivity contribution in [2.45, 2.75) is 0 Å². The number of furan rings is 1. The number of amides is 1. The van der Waals surface area contributed by atoms with Crippen molar-refractivity contribution in [3.63, 3.8) is 0 Å². The fraction of sp³-hybridized carbons (Fsp3) is 0. The minimum Gasteiger partial charge on any atom is -0.454 e. The van der Waals surface area contributed by atoms with Crippen LogP contribution in [0.5, 0.6) is 11.5 Å². The van der Waals surface area contributed by atoms with Gasteiger partial charge in [-0.25, -0.2) is 0 Å². The van der Waals surface area contributed by atoms with Crippen LogP contribution in [-0.2, 0) is 0 Å². The second kappa shape index (κ2) is 6.94. The number of hydrogen-bond donors (Lipinski definition) is 1. The summed E-state index contributed by atoms with van der Waals surface area (Å²) in [5.41, 5.74) is 1.19. The number of nitrogens with one attached hydrogen (secondary N) is 1. The van der Waals surface area contributed by atoms with Gasteiger partial charge in [0.15, 0.2) is 11.5 Å². The number of fused-ring (bicyclic) bond motifs is 1. The fourth-order valence-electron chi connectivity index (χ4n) is 2.58. The molecular weight excluding hydrogens is 350 g/mol. The molecule has 0 unspecified atom stereocenters. The molecule has 0 aliphatic rings. The number of rotatable bonds is 4. The maximum absolute atomic E-state index is 12.6. The van der Waals surface area contributed by atoms with E-state index in [1.807, 2.05) is 48.5 Å². The molecule has 26 heavy (non-hydrogen) atoms. The summed E-state index contributed by atoms with van der Waals surface area (Å²) in [4.78, 5) is 12.6. The van der Waals surface area contributed by atoms with Gasteiger partial charge >= 0.3 is 0 Å². The van der Waals surface area contributed by atoms with Gasteiger partial charge < -0.3 is 14.5 Å². The Morgan fingerprint density at radius 3 is 2.38 bits per heavy atom. The highest BCUT2D eigenvalue weighted by Crippen LogP contribution is 2.33. The third kappa shape index (κ3) is 3.27. The van der Waals surface area contributed by atoms with E-state index >= 15 is 0 Å². The number of halogens is 1. The van der Waals surface area contributed by atoms with E-state index in [-0.39, 0.29) is 11.7 Å². The predicted molar refractivity (Wildman–Crippen MR) is 102 cm³/mol. The molecule has 128 valence electrons. The van der Waals surface area contributed by atoms with Crippen LogP contribution in [-0.4, -0.2) is 5.91 Å². The summed E-state index contributed by atoms with van der Waals surface area (Å²) < 4.78 is 11.5. The van der Waals surface area contributed by atoms with E-state index in [0.29, 0.717) is 27.8 Å². The van der Waals surface area contributed by atoms with Crippen molar-refractivity contribution in [2.75, 3.05) is 5.32 Å². The number of ether oxygens (including phenoxy) is 1. The third-order valence-electron chi connectivity index (χ3n) is 3.84. The Labute approximate surface area is 155 Å². The van der Waals surface area contributed by atoms with Crippen LogP contribution in [0.4, 0.5) is 5.69 Å². The molecule has 0 saturated heterocycles. The van der Waals surface area contributed by atoms with E-state index in [1.54, 1.807) is 30.3 Å². The van der Waals surface area contributed by atoms with Gasteiger partial charge in [-0.05, 0) is 36.4 Å². The van der Waals surface area contributed by atoms with Crippen LogP contribution in [0.2, 0.25) is 5.02 Å². The molecule has 0 spiro atoms. The van der Waals surface area contributed by atoms with Gasteiger partial charge in [0, 0.05) is 5.39 Å². The van der Waals surface area contributed by atoms with Crippen LogP contribution >= 0.6 is 11.6 Å². The van der Waals surface area contributed by atoms with E-state index in [2.05, 4.69) is 5.32 Å². The van der Waals surface area contributed by atoms with E-state index in [4.69, 9.17) is 20.8 Å². The van der Waals surface area contributed by atoms with Crippen molar-refractivity contribution in [2.24, 2.45) is 0 Å². The molecule has 0 aliphatic heterocycles. The van der Waals surface area contributed by atoms with Crippen molar-refractivity contribution < 1.29 is 13.9 Å². The standard InChI is InChI=1S/C21H14ClNO3/c22-15-8-2-5-11-18(15)26-19-12-6-3-9-16(19)23-21(24)20-13-14-7-1-4-10-17(14)25-20/h1-13H,(H,23,24). The Kier molecular flexibility index (Phi) is 4.33. The van der Waals surface area contributed by atoms with Gasteiger partial charge in [-0.1, -0.05) is 54.1 Å². The molecule has 4 aromatic rings. The molecule has 4 nitrogen and oxygen atoms in total. The van der Waals surface area contributed by atoms with Crippen LogP contribution < -0.4 is 10.1 Å². The molecule has 1 N–H and O–H groups in total. The van der Waals surface area contributed by atoms with Gasteiger partial charge in [-0.3, -0.25) is 4.79 Å². The lowest BCUT2D eigenvalue weighted by Gasteiger charge is -2.12. The third-order valence-corrected chi connectivity index (χ3v) is 4.15. The van der Waals surface area contributed by atoms with Crippen molar-refractivity contribution in [3.05, 3.63) is 89.6 Å². The molecule has 0 aliphatic carbocycles. The Hall–Kier alpha value is -3.24. The van der Waals surface area contributed by atoms with Gasteiger partial charge in [-0.2, -0.15) is 0 Å². The van der Waals surface area contributed by atoms with E-state index in [9.17, 15) is 4.79 Å². The molecule has 3 aromatic carbocycles. The van der Waals surface area contributed by atoms with Crippen LogP contribution in [0.3, 0.4) is 0 Å². The van der Waals surface area contributed by atoms with Crippen LogP contribution in [0.25, 0.3) is 11.0 Å². The van der Waals surface area contributed by atoms with E-state index in [0.717, 1.165) is 5.39 Å². The lowest BCUT2D eigenvalue weighted by atomic mass is 10.2. The molecule has 5 heteroatoms. The maximum Gasteiger partial charge on any atom is 0.291 e. The first-order valence-electron chi connectivity index (χ1n) is 8.02. The molecule has 0 radical (unpaired) electrons. The number of carbonyl (C=O) groups is 1. The Bertz CT molecular complexity index is 1050. The van der Waals surface area contributed by atoms with Crippen LogP contribution in [0, 0.1) is 0 Å². The molecule has 0 saturated carbocycles. The summed E-state index contributed by atoms with van der Waals surface area (Å²) in [7, 11) is 0. The molecule has 0 fully saturated rings. The molecule has 1 amide bonds. The summed E-state index contributed by atoms with van der Waals surface area (Å²) >= 11 is 6.15. The fourth-order valence-corrected chi connectivity index (χ4v) is 2.76. The molecule has 1 aromatic heterocycles. The highest BCUT2D eigenvalue weighted by molar-refractivity contribution is 6.32. The Balaban J connectivity index is 1.60. The molecule has 0 bridgehead atoms. The van der Waals surface area contributed by atoms with Gasteiger partial charge in [0.2, 0.25) is 0 Å². The van der Waals surface area contributed by atoms with Crippen LogP contribution in [0.15, 0.2) is 83.3 Å². The minimum absolute atomic E-state index is 0.235. The first-order valence-corrected chi connectivity index (χ1v) is 8.40. The average Bonchev–Trinajstić information content (AvgIpc) is 3.09. The zero-order chi connectivity index (χ0) is 17.9. The zero-order valence-electron chi connectivity index (χ0n) is 13.6. The largest absolute Gasteiger partial charge is 0.454 e. The first kappa shape index (κ1) is 16.2. The topological polar surface area (TPSA) is 51.5 Å². The number of para-hydroxylation sites is 4. The lowest BCUT2D eigenvalue weighted by molar-refractivity contribution is 0.0998. The monoisotopic (exact) mass is 363 g/mol. The predicted octanol–water partition coefficient (Wildman–Crippen LogP) is 6.13. The van der Waals surface area contributed by atoms with E-state index in [1.165, 1.54) is 0 Å². The summed E-state index contributed by atoms with van der Waals surface area (Å²) in [5.74, 6) is 0.889. The number of hydrogen-bond acceptors (Lipinski definition) is 3. The molecule has 1 heterocycles. The lowest BCUT2D eigenvalue weighted by Crippen LogP contribution is -2.11. The number of benzene rings is 3. The minimum atomic E-state index is -0.351. The number of anilines is 1. The molecular formula is C21H14ClNO3. The zero-order valence-corrected chi connectivity index (χ0v) is 14.4. The van der Waals surface area contributed by atoms with Crippen molar-refractivity contribution in [1.29, 1.82) is 0 Å². The normalized spacial score (nSPS) is 10.7. The first-order chi connectivity index (χ1) is 12.7. The maximum atomic E-state index is 12.6. The number of carbonyl (C=O) groups excluding carboxylic acids is 1. The Morgan fingerprint density at radius 1 is 0.885 bits per heavy atom. The smallest absolute Gasteiger partial charge is 0.291 e. The van der Waals surface area contributed by atoms with Gasteiger partial charge in [0.25, 0.3) is 5.91 Å². The summed E-state index contributed by atoms with van der Waals surface area (Å²) in [6.45, 7) is 0.